The first-order chi connectivity index (χ1) is 14.6. The summed E-state index contributed by atoms with van der Waals surface area (Å²) in [5.41, 5.74) is 1.96. The fourth-order valence-electron chi connectivity index (χ4n) is 3.40. The molecule has 1 aliphatic heterocycles. The Labute approximate surface area is 185 Å². The van der Waals surface area contributed by atoms with Crippen molar-refractivity contribution in [2.24, 2.45) is 0 Å². The number of sulfonamides is 2. The van der Waals surface area contributed by atoms with E-state index in [1.807, 2.05) is 0 Å². The Morgan fingerprint density at radius 2 is 1.61 bits per heavy atom. The molecule has 0 spiro atoms. The molecule has 0 bridgehead atoms. The second kappa shape index (κ2) is 8.23. The Kier molecular flexibility index (Phi) is 5.78. The molecule has 0 unspecified atom stereocenters. The van der Waals surface area contributed by atoms with Crippen molar-refractivity contribution in [1.82, 2.24) is 4.31 Å². The summed E-state index contributed by atoms with van der Waals surface area (Å²) in [7, 11) is -7.66. The first kappa shape index (κ1) is 21.8. The average Bonchev–Trinajstić information content (AvgIpc) is 2.73. The van der Waals surface area contributed by atoms with Crippen molar-refractivity contribution in [3.05, 3.63) is 88.7 Å². The van der Waals surface area contributed by atoms with Gasteiger partial charge in [0.05, 0.1) is 9.79 Å². The third-order valence-electron chi connectivity index (χ3n) is 4.99. The van der Waals surface area contributed by atoms with Crippen LogP contribution in [0.1, 0.15) is 11.1 Å². The molecular weight excluding hydrogens is 463 g/mol. The largest absolute Gasteiger partial charge is 0.280 e. The highest BCUT2D eigenvalue weighted by molar-refractivity contribution is 7.92. The standard InChI is InChI=1S/C21H18ClFN2O4S2/c22-17-2-1-3-21(13-17)30(26,27)24-19-7-4-15-10-11-25(14-16(15)12-19)31(28,29)20-8-5-18(23)6-9-20/h1-9,12-13,24H,10-11,14H2. The summed E-state index contributed by atoms with van der Waals surface area (Å²) >= 11 is 5.89. The number of nitrogens with zero attached hydrogens (tertiary/aromatic N) is 1. The Morgan fingerprint density at radius 3 is 2.32 bits per heavy atom. The van der Waals surface area contributed by atoms with Crippen molar-refractivity contribution in [1.29, 1.82) is 0 Å². The Morgan fingerprint density at radius 1 is 0.871 bits per heavy atom. The van der Waals surface area contributed by atoms with Crippen molar-refractivity contribution >= 4 is 37.3 Å². The minimum atomic E-state index is -3.85. The fourth-order valence-corrected chi connectivity index (χ4v) is 6.17. The smallest absolute Gasteiger partial charge is 0.261 e. The molecule has 0 aromatic heterocycles. The molecule has 3 aromatic carbocycles. The maximum absolute atomic E-state index is 13.2. The summed E-state index contributed by atoms with van der Waals surface area (Å²) in [6.07, 6.45) is 0.483. The Balaban J connectivity index is 1.59. The van der Waals surface area contributed by atoms with Gasteiger partial charge in [0.2, 0.25) is 10.0 Å². The molecule has 10 heteroatoms. The lowest BCUT2D eigenvalue weighted by Gasteiger charge is -2.28. The van der Waals surface area contributed by atoms with E-state index in [1.165, 1.54) is 28.6 Å². The Hall–Kier alpha value is -2.46. The fraction of sp³-hybridized carbons (Fsp3) is 0.143. The molecule has 0 aliphatic carbocycles. The molecule has 0 amide bonds. The van der Waals surface area contributed by atoms with Crippen LogP contribution < -0.4 is 4.72 Å². The van der Waals surface area contributed by atoms with E-state index in [9.17, 15) is 21.2 Å². The predicted octanol–water partition coefficient (Wildman–Crippen LogP) is 4.03. The summed E-state index contributed by atoms with van der Waals surface area (Å²) in [6.45, 7) is 0.363. The van der Waals surface area contributed by atoms with Crippen LogP contribution in [-0.4, -0.2) is 27.7 Å². The van der Waals surface area contributed by atoms with Gasteiger partial charge in [-0.1, -0.05) is 23.7 Å². The van der Waals surface area contributed by atoms with Gasteiger partial charge < -0.3 is 0 Å². The van der Waals surface area contributed by atoms with E-state index in [0.29, 0.717) is 22.7 Å². The lowest BCUT2D eigenvalue weighted by molar-refractivity contribution is 0.391. The third-order valence-corrected chi connectivity index (χ3v) is 8.47. The van der Waals surface area contributed by atoms with Gasteiger partial charge in [-0.05, 0) is 72.1 Å². The van der Waals surface area contributed by atoms with E-state index in [1.54, 1.807) is 30.3 Å². The van der Waals surface area contributed by atoms with Gasteiger partial charge in [-0.2, -0.15) is 4.31 Å². The molecule has 6 nitrogen and oxygen atoms in total. The molecule has 0 atom stereocenters. The van der Waals surface area contributed by atoms with Gasteiger partial charge in [-0.15, -0.1) is 0 Å². The molecule has 0 saturated carbocycles. The minimum absolute atomic E-state index is 0.00941. The topological polar surface area (TPSA) is 83.6 Å². The number of nitrogens with one attached hydrogen (secondary N) is 1. The van der Waals surface area contributed by atoms with Crippen molar-refractivity contribution in [2.45, 2.75) is 22.8 Å². The predicted molar refractivity (Wildman–Crippen MR) is 116 cm³/mol. The molecule has 1 aliphatic rings. The van der Waals surface area contributed by atoms with Crippen LogP contribution in [0.2, 0.25) is 5.02 Å². The van der Waals surface area contributed by atoms with Crippen LogP contribution in [0.5, 0.6) is 0 Å². The quantitative estimate of drug-likeness (QED) is 0.597. The van der Waals surface area contributed by atoms with Gasteiger partial charge in [0, 0.05) is 23.8 Å². The van der Waals surface area contributed by atoms with Crippen LogP contribution in [0.15, 0.2) is 76.5 Å². The van der Waals surface area contributed by atoms with E-state index in [4.69, 9.17) is 11.6 Å². The zero-order chi connectivity index (χ0) is 22.2. The summed E-state index contributed by atoms with van der Waals surface area (Å²) in [5.74, 6) is -0.514. The number of rotatable bonds is 5. The zero-order valence-corrected chi connectivity index (χ0v) is 18.5. The first-order valence-electron chi connectivity index (χ1n) is 9.31. The zero-order valence-electron chi connectivity index (χ0n) is 16.1. The van der Waals surface area contributed by atoms with Gasteiger partial charge in [0.25, 0.3) is 10.0 Å². The maximum atomic E-state index is 13.2. The van der Waals surface area contributed by atoms with E-state index in [-0.39, 0.29) is 22.9 Å². The molecule has 162 valence electrons. The molecule has 4 rings (SSSR count). The van der Waals surface area contributed by atoms with Crippen LogP contribution in [0.4, 0.5) is 10.1 Å². The monoisotopic (exact) mass is 480 g/mol. The number of benzene rings is 3. The summed E-state index contributed by atoms with van der Waals surface area (Å²) in [4.78, 5) is 0.0356. The lowest BCUT2D eigenvalue weighted by atomic mass is 10.0. The third kappa shape index (κ3) is 4.59. The second-order valence-electron chi connectivity index (χ2n) is 7.09. The highest BCUT2D eigenvalue weighted by Crippen LogP contribution is 2.28. The van der Waals surface area contributed by atoms with Crippen LogP contribution in [0.3, 0.4) is 0 Å². The van der Waals surface area contributed by atoms with E-state index >= 15 is 0 Å². The summed E-state index contributed by atoms with van der Waals surface area (Å²) in [6, 6.07) is 15.6. The van der Waals surface area contributed by atoms with Crippen LogP contribution in [0, 0.1) is 5.82 Å². The van der Waals surface area contributed by atoms with E-state index in [2.05, 4.69) is 4.72 Å². The SMILES string of the molecule is O=S(=O)(Nc1ccc2c(c1)CN(S(=O)(=O)c1ccc(F)cc1)CC2)c1cccc(Cl)c1. The van der Waals surface area contributed by atoms with Crippen LogP contribution in [-0.2, 0) is 33.0 Å². The number of fused-ring (bicyclic) bond motifs is 1. The van der Waals surface area contributed by atoms with Gasteiger partial charge in [0.15, 0.2) is 0 Å². The molecule has 1 heterocycles. The lowest BCUT2D eigenvalue weighted by Crippen LogP contribution is -2.36. The van der Waals surface area contributed by atoms with Gasteiger partial charge >= 0.3 is 0 Å². The van der Waals surface area contributed by atoms with E-state index in [0.717, 1.165) is 17.7 Å². The number of halogens is 2. The number of hydrogen-bond donors (Lipinski definition) is 1. The van der Waals surface area contributed by atoms with Crippen LogP contribution in [0.25, 0.3) is 0 Å². The second-order valence-corrected chi connectivity index (χ2v) is 11.1. The molecule has 1 N–H and O–H groups in total. The van der Waals surface area contributed by atoms with Crippen molar-refractivity contribution in [3.8, 4) is 0 Å². The highest BCUT2D eigenvalue weighted by atomic mass is 35.5. The number of anilines is 1. The summed E-state index contributed by atoms with van der Waals surface area (Å²) < 4.78 is 68.1. The van der Waals surface area contributed by atoms with Crippen LogP contribution >= 0.6 is 11.6 Å². The van der Waals surface area contributed by atoms with E-state index < -0.39 is 25.9 Å². The molecule has 0 fully saturated rings. The summed E-state index contributed by atoms with van der Waals surface area (Å²) in [5, 5.41) is 0.301. The first-order valence-corrected chi connectivity index (χ1v) is 12.6. The highest BCUT2D eigenvalue weighted by Gasteiger charge is 2.28. The van der Waals surface area contributed by atoms with Gasteiger partial charge in [-0.25, -0.2) is 21.2 Å². The normalized spacial score (nSPS) is 14.8. The van der Waals surface area contributed by atoms with Crippen molar-refractivity contribution in [2.75, 3.05) is 11.3 Å². The number of hydrogen-bond acceptors (Lipinski definition) is 4. The Bertz CT molecular complexity index is 1340. The van der Waals surface area contributed by atoms with Crippen molar-refractivity contribution in [3.63, 3.8) is 0 Å². The molecular formula is C21H18ClFN2O4S2. The van der Waals surface area contributed by atoms with Crippen molar-refractivity contribution < 1.29 is 21.2 Å². The molecule has 0 saturated heterocycles. The maximum Gasteiger partial charge on any atom is 0.261 e. The average molecular weight is 481 g/mol. The molecule has 0 radical (unpaired) electrons. The van der Waals surface area contributed by atoms with Gasteiger partial charge in [-0.3, -0.25) is 4.72 Å². The molecule has 31 heavy (non-hydrogen) atoms. The molecule has 3 aromatic rings. The minimum Gasteiger partial charge on any atom is -0.280 e. The van der Waals surface area contributed by atoms with Gasteiger partial charge in [0.1, 0.15) is 5.82 Å².